The summed E-state index contributed by atoms with van der Waals surface area (Å²) < 4.78 is 5.28. The third-order valence-electron chi connectivity index (χ3n) is 4.26. The summed E-state index contributed by atoms with van der Waals surface area (Å²) in [5.41, 5.74) is 7.57. The van der Waals surface area contributed by atoms with Crippen LogP contribution in [-0.2, 0) is 6.54 Å². The van der Waals surface area contributed by atoms with Gasteiger partial charge in [-0.25, -0.2) is 0 Å². The van der Waals surface area contributed by atoms with E-state index in [2.05, 4.69) is 31.0 Å². The molecule has 106 valence electrons. The van der Waals surface area contributed by atoms with Gasteiger partial charge in [0.15, 0.2) is 0 Å². The molecule has 2 N–H and O–H groups in total. The first kappa shape index (κ1) is 14.4. The van der Waals surface area contributed by atoms with Gasteiger partial charge in [0.05, 0.1) is 7.11 Å². The lowest BCUT2D eigenvalue weighted by Crippen LogP contribution is -2.49. The van der Waals surface area contributed by atoms with Crippen LogP contribution in [0.5, 0.6) is 5.75 Å². The highest BCUT2D eigenvalue weighted by Crippen LogP contribution is 2.27. The minimum absolute atomic E-state index is 0.312. The Bertz CT molecular complexity index is 407. The van der Waals surface area contributed by atoms with E-state index in [-0.39, 0.29) is 0 Å². The third kappa shape index (κ3) is 3.71. The maximum atomic E-state index is 6.29. The normalized spacial score (nSPS) is 27.5. The van der Waals surface area contributed by atoms with Crippen LogP contribution in [0.25, 0.3) is 0 Å². The summed E-state index contributed by atoms with van der Waals surface area (Å²) in [5, 5.41) is 0. The fourth-order valence-corrected chi connectivity index (χ4v) is 3.06. The minimum Gasteiger partial charge on any atom is -0.497 e. The molecule has 3 heteroatoms. The van der Waals surface area contributed by atoms with Crippen molar-refractivity contribution in [2.75, 3.05) is 14.2 Å². The van der Waals surface area contributed by atoms with Crippen LogP contribution in [0.15, 0.2) is 24.3 Å². The predicted octanol–water partition coefficient (Wildman–Crippen LogP) is 2.64. The highest BCUT2D eigenvalue weighted by molar-refractivity contribution is 5.28. The van der Waals surface area contributed by atoms with Gasteiger partial charge in [0.25, 0.3) is 0 Å². The third-order valence-corrected chi connectivity index (χ3v) is 4.26. The van der Waals surface area contributed by atoms with Gasteiger partial charge in [-0.15, -0.1) is 0 Å². The Hall–Kier alpha value is -1.06. The van der Waals surface area contributed by atoms with Gasteiger partial charge in [0.2, 0.25) is 0 Å². The molecule has 1 aromatic carbocycles. The molecule has 3 unspecified atom stereocenters. The molecule has 0 radical (unpaired) electrons. The van der Waals surface area contributed by atoms with Gasteiger partial charge >= 0.3 is 0 Å². The van der Waals surface area contributed by atoms with E-state index in [1.54, 1.807) is 7.11 Å². The molecule has 19 heavy (non-hydrogen) atoms. The second kappa shape index (κ2) is 6.40. The number of nitrogens with two attached hydrogens (primary N) is 1. The molecule has 3 atom stereocenters. The van der Waals surface area contributed by atoms with Crippen molar-refractivity contribution >= 4 is 0 Å². The number of rotatable bonds is 4. The van der Waals surface area contributed by atoms with Gasteiger partial charge in [0, 0.05) is 18.6 Å². The summed E-state index contributed by atoms with van der Waals surface area (Å²) >= 11 is 0. The molecule has 0 spiro atoms. The molecule has 0 amide bonds. The second-order valence-electron chi connectivity index (χ2n) is 5.92. The fraction of sp³-hybridized carbons (Fsp3) is 0.625. The zero-order valence-electron chi connectivity index (χ0n) is 12.3. The molecule has 1 aliphatic rings. The van der Waals surface area contributed by atoms with E-state index in [1.807, 2.05) is 12.1 Å². The molecular formula is C16H26N2O. The second-order valence-corrected chi connectivity index (χ2v) is 5.92. The number of likely N-dealkylation sites (N-methyl/N-ethyl adjacent to an activating group) is 1. The summed E-state index contributed by atoms with van der Waals surface area (Å²) in [6.07, 6.45) is 3.63. The molecule has 1 fully saturated rings. The molecule has 2 rings (SSSR count). The molecule has 3 nitrogen and oxygen atoms in total. The van der Waals surface area contributed by atoms with Crippen molar-refractivity contribution in [2.24, 2.45) is 11.7 Å². The molecule has 1 saturated carbocycles. The smallest absolute Gasteiger partial charge is 0.119 e. The Morgan fingerprint density at radius 1 is 1.37 bits per heavy atom. The Balaban J connectivity index is 2.00. The monoisotopic (exact) mass is 262 g/mol. The van der Waals surface area contributed by atoms with Gasteiger partial charge in [0.1, 0.15) is 5.75 Å². The summed E-state index contributed by atoms with van der Waals surface area (Å²) in [6.45, 7) is 3.26. The maximum absolute atomic E-state index is 6.29. The lowest BCUT2D eigenvalue weighted by atomic mass is 9.83. The van der Waals surface area contributed by atoms with Crippen LogP contribution in [-0.4, -0.2) is 31.1 Å². The van der Waals surface area contributed by atoms with E-state index in [1.165, 1.54) is 18.4 Å². The Kier molecular flexibility index (Phi) is 4.83. The van der Waals surface area contributed by atoms with E-state index in [0.29, 0.717) is 12.1 Å². The Morgan fingerprint density at radius 2 is 2.16 bits per heavy atom. The lowest BCUT2D eigenvalue weighted by Gasteiger charge is -2.38. The standard InChI is InChI=1S/C16H26N2O/c1-12-7-8-15(17)16(9-12)18(2)11-13-5-4-6-14(10-13)19-3/h4-6,10,12,15-16H,7-9,11,17H2,1-3H3. The fourth-order valence-electron chi connectivity index (χ4n) is 3.06. The zero-order chi connectivity index (χ0) is 13.8. The summed E-state index contributed by atoms with van der Waals surface area (Å²) in [6, 6.07) is 9.09. The average Bonchev–Trinajstić information content (AvgIpc) is 2.41. The number of nitrogens with zero attached hydrogens (tertiary/aromatic N) is 1. The number of hydrogen-bond donors (Lipinski definition) is 1. The van der Waals surface area contributed by atoms with Crippen LogP contribution in [0, 0.1) is 5.92 Å². The SMILES string of the molecule is COc1cccc(CN(C)C2CC(C)CCC2N)c1. The first-order chi connectivity index (χ1) is 9.10. The van der Waals surface area contributed by atoms with Crippen molar-refractivity contribution in [2.45, 2.75) is 44.8 Å². The van der Waals surface area contributed by atoms with Gasteiger partial charge in [-0.2, -0.15) is 0 Å². The minimum atomic E-state index is 0.312. The highest BCUT2D eigenvalue weighted by atomic mass is 16.5. The summed E-state index contributed by atoms with van der Waals surface area (Å²) in [5.74, 6) is 1.71. The summed E-state index contributed by atoms with van der Waals surface area (Å²) in [4.78, 5) is 2.40. The van der Waals surface area contributed by atoms with Crippen molar-refractivity contribution in [3.63, 3.8) is 0 Å². The van der Waals surface area contributed by atoms with Crippen LogP contribution in [0.4, 0.5) is 0 Å². The predicted molar refractivity (Wildman–Crippen MR) is 79.2 cm³/mol. The Labute approximate surface area is 116 Å². The highest BCUT2D eigenvalue weighted by Gasteiger charge is 2.28. The number of hydrogen-bond acceptors (Lipinski definition) is 3. The van der Waals surface area contributed by atoms with Gasteiger partial charge in [-0.05, 0) is 49.9 Å². The van der Waals surface area contributed by atoms with E-state index in [9.17, 15) is 0 Å². The van der Waals surface area contributed by atoms with Crippen molar-refractivity contribution in [3.05, 3.63) is 29.8 Å². The van der Waals surface area contributed by atoms with Crippen molar-refractivity contribution < 1.29 is 4.74 Å². The van der Waals surface area contributed by atoms with Gasteiger partial charge in [-0.1, -0.05) is 19.1 Å². The first-order valence-electron chi connectivity index (χ1n) is 7.19. The number of methoxy groups -OCH3 is 1. The van der Waals surface area contributed by atoms with Crippen molar-refractivity contribution in [1.82, 2.24) is 4.90 Å². The largest absolute Gasteiger partial charge is 0.497 e. The van der Waals surface area contributed by atoms with Gasteiger partial charge < -0.3 is 10.5 Å². The maximum Gasteiger partial charge on any atom is 0.119 e. The molecular weight excluding hydrogens is 236 g/mol. The van der Waals surface area contributed by atoms with Crippen molar-refractivity contribution in [3.8, 4) is 5.75 Å². The lowest BCUT2D eigenvalue weighted by molar-refractivity contribution is 0.136. The van der Waals surface area contributed by atoms with Crippen LogP contribution in [0.2, 0.25) is 0 Å². The van der Waals surface area contributed by atoms with E-state index < -0.39 is 0 Å². The van der Waals surface area contributed by atoms with Crippen LogP contribution < -0.4 is 10.5 Å². The van der Waals surface area contributed by atoms with Gasteiger partial charge in [-0.3, -0.25) is 4.90 Å². The summed E-state index contributed by atoms with van der Waals surface area (Å²) in [7, 11) is 3.89. The van der Waals surface area contributed by atoms with Crippen LogP contribution in [0.3, 0.4) is 0 Å². The average molecular weight is 262 g/mol. The molecule has 1 aromatic rings. The Morgan fingerprint density at radius 3 is 2.89 bits per heavy atom. The topological polar surface area (TPSA) is 38.5 Å². The molecule has 0 bridgehead atoms. The molecule has 0 aromatic heterocycles. The molecule has 0 saturated heterocycles. The van der Waals surface area contributed by atoms with Crippen LogP contribution >= 0.6 is 0 Å². The molecule has 0 heterocycles. The van der Waals surface area contributed by atoms with E-state index in [0.717, 1.165) is 24.6 Å². The molecule has 0 aliphatic heterocycles. The van der Waals surface area contributed by atoms with E-state index in [4.69, 9.17) is 10.5 Å². The van der Waals surface area contributed by atoms with E-state index >= 15 is 0 Å². The zero-order valence-corrected chi connectivity index (χ0v) is 12.3. The number of benzene rings is 1. The quantitative estimate of drug-likeness (QED) is 0.906. The molecule has 1 aliphatic carbocycles. The number of ether oxygens (including phenoxy) is 1. The van der Waals surface area contributed by atoms with Crippen LogP contribution in [0.1, 0.15) is 31.7 Å². The van der Waals surface area contributed by atoms with Crippen molar-refractivity contribution in [1.29, 1.82) is 0 Å². The first-order valence-corrected chi connectivity index (χ1v) is 7.19.